The van der Waals surface area contributed by atoms with Crippen molar-refractivity contribution in [3.8, 4) is 5.75 Å². The lowest BCUT2D eigenvalue weighted by Crippen LogP contribution is -2.26. The lowest BCUT2D eigenvalue weighted by Gasteiger charge is -2.07. The quantitative estimate of drug-likeness (QED) is 0.657. The van der Waals surface area contributed by atoms with Gasteiger partial charge >= 0.3 is 5.97 Å². The predicted octanol–water partition coefficient (Wildman–Crippen LogP) is 1.78. The van der Waals surface area contributed by atoms with Gasteiger partial charge in [0, 0.05) is 6.42 Å². The van der Waals surface area contributed by atoms with Gasteiger partial charge in [-0.2, -0.15) is 0 Å². The van der Waals surface area contributed by atoms with Crippen LogP contribution in [0.15, 0.2) is 12.1 Å². The number of methoxy groups -OCH3 is 1. The van der Waals surface area contributed by atoms with E-state index in [1.807, 2.05) is 13.0 Å². The van der Waals surface area contributed by atoms with Gasteiger partial charge in [-0.05, 0) is 36.6 Å². The highest BCUT2D eigenvalue weighted by Gasteiger charge is 2.30. The first kappa shape index (κ1) is 10.0. The van der Waals surface area contributed by atoms with Crippen molar-refractivity contribution >= 4 is 5.97 Å². The van der Waals surface area contributed by atoms with Crippen molar-refractivity contribution in [1.82, 2.24) is 0 Å². The molecule has 1 atom stereocenters. The molecule has 0 aliphatic carbocycles. The Labute approximate surface area is 89.0 Å². The molecule has 1 heterocycles. The van der Waals surface area contributed by atoms with Crippen molar-refractivity contribution in [1.29, 1.82) is 0 Å². The Morgan fingerprint density at radius 2 is 2.07 bits per heavy atom. The zero-order chi connectivity index (χ0) is 11.0. The van der Waals surface area contributed by atoms with E-state index in [9.17, 15) is 4.79 Å². The molecule has 1 aromatic carbocycles. The Balaban J connectivity index is 2.27. The number of carbonyl (C=O) groups is 1. The minimum absolute atomic E-state index is 0.304. The van der Waals surface area contributed by atoms with Crippen LogP contribution in [-0.2, 0) is 16.0 Å². The molecule has 0 saturated heterocycles. The van der Waals surface area contributed by atoms with E-state index in [0.717, 1.165) is 11.3 Å². The van der Waals surface area contributed by atoms with E-state index in [-0.39, 0.29) is 5.97 Å². The molecular weight excluding hydrogens is 192 g/mol. The fraction of sp³-hybridized carbons (Fsp3) is 0.417. The lowest BCUT2D eigenvalue weighted by atomic mass is 10.0. The number of fused-ring (bicyclic) bond motifs is 1. The van der Waals surface area contributed by atoms with E-state index in [0.29, 0.717) is 6.42 Å². The summed E-state index contributed by atoms with van der Waals surface area (Å²) >= 11 is 0. The van der Waals surface area contributed by atoms with Gasteiger partial charge in [-0.1, -0.05) is 6.07 Å². The smallest absolute Gasteiger partial charge is 0.347 e. The highest BCUT2D eigenvalue weighted by molar-refractivity contribution is 5.76. The fourth-order valence-electron chi connectivity index (χ4n) is 1.78. The molecule has 1 aliphatic heterocycles. The molecule has 2 rings (SSSR count). The van der Waals surface area contributed by atoms with E-state index < -0.39 is 6.10 Å². The van der Waals surface area contributed by atoms with Crippen molar-refractivity contribution in [2.75, 3.05) is 7.11 Å². The monoisotopic (exact) mass is 206 g/mol. The van der Waals surface area contributed by atoms with E-state index in [2.05, 4.69) is 17.7 Å². The minimum atomic E-state index is -0.466. The standard InChI is InChI=1S/C12H14O3/c1-7-4-9-6-11(12(13)14-3)15-10(9)5-8(7)2/h4-5,11H,6H2,1-3H3. The molecule has 1 aliphatic rings. The van der Waals surface area contributed by atoms with Crippen LogP contribution in [0.3, 0.4) is 0 Å². The van der Waals surface area contributed by atoms with Crippen LogP contribution in [0.1, 0.15) is 16.7 Å². The second-order valence-corrected chi connectivity index (χ2v) is 3.88. The third kappa shape index (κ3) is 1.69. The molecule has 0 bridgehead atoms. The van der Waals surface area contributed by atoms with Crippen molar-refractivity contribution in [2.24, 2.45) is 0 Å². The Kier molecular flexibility index (Phi) is 2.39. The molecule has 3 heteroatoms. The number of ether oxygens (including phenoxy) is 2. The summed E-state index contributed by atoms with van der Waals surface area (Å²) < 4.78 is 10.2. The topological polar surface area (TPSA) is 35.5 Å². The molecule has 0 saturated carbocycles. The normalized spacial score (nSPS) is 18.2. The number of rotatable bonds is 1. The van der Waals surface area contributed by atoms with Gasteiger partial charge in [0.1, 0.15) is 5.75 Å². The van der Waals surface area contributed by atoms with Crippen LogP contribution >= 0.6 is 0 Å². The van der Waals surface area contributed by atoms with Gasteiger partial charge in [0.2, 0.25) is 0 Å². The van der Waals surface area contributed by atoms with Crippen LogP contribution in [0.25, 0.3) is 0 Å². The molecule has 3 nitrogen and oxygen atoms in total. The predicted molar refractivity (Wildman–Crippen MR) is 56.1 cm³/mol. The summed E-state index contributed by atoms with van der Waals surface area (Å²) in [6, 6.07) is 4.06. The van der Waals surface area contributed by atoms with Crippen molar-refractivity contribution in [3.63, 3.8) is 0 Å². The van der Waals surface area contributed by atoms with Crippen LogP contribution in [0.4, 0.5) is 0 Å². The van der Waals surface area contributed by atoms with E-state index in [4.69, 9.17) is 4.74 Å². The highest BCUT2D eigenvalue weighted by Crippen LogP contribution is 2.31. The third-order valence-corrected chi connectivity index (χ3v) is 2.82. The van der Waals surface area contributed by atoms with Gasteiger partial charge in [0.15, 0.2) is 6.10 Å². The van der Waals surface area contributed by atoms with Gasteiger partial charge in [0.25, 0.3) is 0 Å². The molecule has 0 spiro atoms. The van der Waals surface area contributed by atoms with Crippen LogP contribution in [0, 0.1) is 13.8 Å². The molecular formula is C12H14O3. The average molecular weight is 206 g/mol. The number of benzene rings is 1. The summed E-state index contributed by atoms with van der Waals surface area (Å²) in [6.07, 6.45) is 0.148. The number of hydrogen-bond acceptors (Lipinski definition) is 3. The molecule has 0 radical (unpaired) electrons. The first-order valence-corrected chi connectivity index (χ1v) is 4.96. The number of esters is 1. The van der Waals surface area contributed by atoms with Crippen molar-refractivity contribution < 1.29 is 14.3 Å². The summed E-state index contributed by atoms with van der Waals surface area (Å²) in [7, 11) is 1.38. The van der Waals surface area contributed by atoms with Crippen molar-refractivity contribution in [2.45, 2.75) is 26.4 Å². The second-order valence-electron chi connectivity index (χ2n) is 3.88. The van der Waals surface area contributed by atoms with E-state index >= 15 is 0 Å². The number of aryl methyl sites for hydroxylation is 2. The van der Waals surface area contributed by atoms with Crippen LogP contribution < -0.4 is 4.74 Å². The fourth-order valence-corrected chi connectivity index (χ4v) is 1.78. The molecule has 0 N–H and O–H groups in total. The zero-order valence-electron chi connectivity index (χ0n) is 9.16. The molecule has 1 aromatic rings. The molecule has 0 amide bonds. The van der Waals surface area contributed by atoms with Crippen LogP contribution in [0.2, 0.25) is 0 Å². The Morgan fingerprint density at radius 3 is 2.73 bits per heavy atom. The summed E-state index contributed by atoms with van der Waals surface area (Å²) in [5.74, 6) is 0.509. The average Bonchev–Trinajstić information content (AvgIpc) is 2.60. The van der Waals surface area contributed by atoms with Gasteiger partial charge in [-0.25, -0.2) is 4.79 Å². The molecule has 15 heavy (non-hydrogen) atoms. The SMILES string of the molecule is COC(=O)C1Cc2cc(C)c(C)cc2O1. The second kappa shape index (κ2) is 3.57. The summed E-state index contributed by atoms with van der Waals surface area (Å²) in [5.41, 5.74) is 3.50. The van der Waals surface area contributed by atoms with Crippen LogP contribution in [0.5, 0.6) is 5.75 Å². The first-order chi connectivity index (χ1) is 7.11. The van der Waals surface area contributed by atoms with Gasteiger partial charge in [-0.3, -0.25) is 0 Å². The summed E-state index contributed by atoms with van der Waals surface area (Å²) in [4.78, 5) is 11.3. The van der Waals surface area contributed by atoms with Crippen molar-refractivity contribution in [3.05, 3.63) is 28.8 Å². The first-order valence-electron chi connectivity index (χ1n) is 4.96. The Bertz CT molecular complexity index is 379. The highest BCUT2D eigenvalue weighted by atomic mass is 16.6. The zero-order valence-corrected chi connectivity index (χ0v) is 9.16. The maximum Gasteiger partial charge on any atom is 0.347 e. The summed E-state index contributed by atoms with van der Waals surface area (Å²) in [5, 5.41) is 0. The van der Waals surface area contributed by atoms with Gasteiger partial charge < -0.3 is 9.47 Å². The van der Waals surface area contributed by atoms with Gasteiger partial charge in [-0.15, -0.1) is 0 Å². The third-order valence-electron chi connectivity index (χ3n) is 2.82. The largest absolute Gasteiger partial charge is 0.478 e. The Hall–Kier alpha value is -1.51. The molecule has 80 valence electrons. The number of carbonyl (C=O) groups excluding carboxylic acids is 1. The molecule has 0 fully saturated rings. The summed E-state index contributed by atoms with van der Waals surface area (Å²) in [6.45, 7) is 4.09. The van der Waals surface area contributed by atoms with Crippen LogP contribution in [-0.4, -0.2) is 19.2 Å². The van der Waals surface area contributed by atoms with Gasteiger partial charge in [0.05, 0.1) is 7.11 Å². The van der Waals surface area contributed by atoms with E-state index in [1.165, 1.54) is 18.2 Å². The Morgan fingerprint density at radius 1 is 1.40 bits per heavy atom. The maximum atomic E-state index is 11.3. The molecule has 0 aromatic heterocycles. The minimum Gasteiger partial charge on any atom is -0.478 e. The lowest BCUT2D eigenvalue weighted by molar-refractivity contribution is -0.147. The molecule has 1 unspecified atom stereocenters. The van der Waals surface area contributed by atoms with E-state index in [1.54, 1.807) is 0 Å². The maximum absolute atomic E-state index is 11.3. The number of hydrogen-bond donors (Lipinski definition) is 0.